The molecular weight excluding hydrogens is 196 g/mol. The van der Waals surface area contributed by atoms with Gasteiger partial charge in [-0.25, -0.2) is 0 Å². The van der Waals surface area contributed by atoms with E-state index in [0.717, 1.165) is 17.8 Å². The molecule has 0 aromatic carbocycles. The van der Waals surface area contributed by atoms with Gasteiger partial charge in [-0.05, 0) is 82.5 Å². The van der Waals surface area contributed by atoms with Gasteiger partial charge < -0.3 is 4.74 Å². The Kier molecular flexibility index (Phi) is 2.58. The SMILES string of the molecule is CC(C)OC(C)C12CC3CC(CC(C3)C1)C2. The van der Waals surface area contributed by atoms with E-state index in [-0.39, 0.29) is 0 Å². The Morgan fingerprint density at radius 1 is 0.875 bits per heavy atom. The first kappa shape index (κ1) is 11.1. The maximum atomic E-state index is 6.14. The van der Waals surface area contributed by atoms with Crippen molar-refractivity contribution in [2.75, 3.05) is 0 Å². The normalized spacial score (nSPS) is 47.6. The molecule has 0 aromatic rings. The quantitative estimate of drug-likeness (QED) is 0.701. The molecule has 0 heterocycles. The number of hydrogen-bond donors (Lipinski definition) is 0. The molecule has 0 N–H and O–H groups in total. The van der Waals surface area contributed by atoms with Crippen LogP contribution in [0.25, 0.3) is 0 Å². The van der Waals surface area contributed by atoms with Crippen LogP contribution in [0.3, 0.4) is 0 Å². The lowest BCUT2D eigenvalue weighted by atomic mass is 9.48. The highest BCUT2D eigenvalue weighted by molar-refractivity contribution is 5.03. The Bertz CT molecular complexity index is 233. The van der Waals surface area contributed by atoms with E-state index in [9.17, 15) is 0 Å². The molecule has 0 aromatic heterocycles. The van der Waals surface area contributed by atoms with Gasteiger partial charge in [0.1, 0.15) is 0 Å². The van der Waals surface area contributed by atoms with Crippen LogP contribution >= 0.6 is 0 Å². The van der Waals surface area contributed by atoms with Crippen molar-refractivity contribution in [1.82, 2.24) is 0 Å². The average molecular weight is 222 g/mol. The molecule has 4 rings (SSSR count). The van der Waals surface area contributed by atoms with Crippen molar-refractivity contribution < 1.29 is 4.74 Å². The molecule has 0 aliphatic heterocycles. The third kappa shape index (κ3) is 1.72. The van der Waals surface area contributed by atoms with Crippen molar-refractivity contribution in [2.24, 2.45) is 23.2 Å². The lowest BCUT2D eigenvalue weighted by Gasteiger charge is -2.59. The summed E-state index contributed by atoms with van der Waals surface area (Å²) in [5.74, 6) is 3.14. The molecule has 92 valence electrons. The molecule has 4 bridgehead atoms. The predicted octanol–water partition coefficient (Wildman–Crippen LogP) is 4.02. The highest BCUT2D eigenvalue weighted by Gasteiger charge is 2.53. The van der Waals surface area contributed by atoms with Crippen molar-refractivity contribution in [3.63, 3.8) is 0 Å². The van der Waals surface area contributed by atoms with E-state index in [1.807, 2.05) is 0 Å². The monoisotopic (exact) mass is 222 g/mol. The van der Waals surface area contributed by atoms with Crippen LogP contribution in [0.4, 0.5) is 0 Å². The lowest BCUT2D eigenvalue weighted by Crippen LogP contribution is -2.51. The van der Waals surface area contributed by atoms with E-state index in [1.165, 1.54) is 38.5 Å². The molecule has 0 spiro atoms. The third-order valence-corrected chi connectivity index (χ3v) is 5.42. The third-order valence-electron chi connectivity index (χ3n) is 5.42. The van der Waals surface area contributed by atoms with Gasteiger partial charge in [-0.1, -0.05) is 0 Å². The van der Waals surface area contributed by atoms with E-state index >= 15 is 0 Å². The summed E-state index contributed by atoms with van der Waals surface area (Å²) in [6, 6.07) is 0. The summed E-state index contributed by atoms with van der Waals surface area (Å²) in [7, 11) is 0. The Labute approximate surface area is 99.9 Å². The van der Waals surface area contributed by atoms with Crippen LogP contribution in [-0.4, -0.2) is 12.2 Å². The summed E-state index contributed by atoms with van der Waals surface area (Å²) in [4.78, 5) is 0. The van der Waals surface area contributed by atoms with E-state index in [1.54, 1.807) is 0 Å². The highest BCUT2D eigenvalue weighted by Crippen LogP contribution is 2.61. The number of hydrogen-bond acceptors (Lipinski definition) is 1. The summed E-state index contributed by atoms with van der Waals surface area (Å²) in [5, 5.41) is 0. The number of ether oxygens (including phenoxy) is 1. The molecule has 4 aliphatic rings. The van der Waals surface area contributed by atoms with Crippen LogP contribution in [0.15, 0.2) is 0 Å². The second-order valence-corrected chi connectivity index (χ2v) is 7.11. The minimum Gasteiger partial charge on any atom is -0.375 e. The van der Waals surface area contributed by atoms with Gasteiger partial charge in [-0.15, -0.1) is 0 Å². The van der Waals surface area contributed by atoms with Crippen LogP contribution in [0.2, 0.25) is 0 Å². The zero-order chi connectivity index (χ0) is 11.3. The first-order valence-corrected chi connectivity index (χ1v) is 7.23. The molecule has 0 radical (unpaired) electrons. The molecule has 4 fully saturated rings. The second-order valence-electron chi connectivity index (χ2n) is 7.11. The van der Waals surface area contributed by atoms with Gasteiger partial charge in [-0.2, -0.15) is 0 Å². The fourth-order valence-electron chi connectivity index (χ4n) is 5.23. The minimum atomic E-state index is 0.392. The summed E-state index contributed by atoms with van der Waals surface area (Å²) in [5.41, 5.74) is 0.568. The molecular formula is C15H26O. The second kappa shape index (κ2) is 3.73. The van der Waals surface area contributed by atoms with Crippen molar-refractivity contribution >= 4 is 0 Å². The minimum absolute atomic E-state index is 0.392. The standard InChI is InChI=1S/C15H26O/c1-10(2)16-11(3)15-7-12-4-13(8-15)6-14(5-12)9-15/h10-14H,4-9H2,1-3H3. The molecule has 4 aliphatic carbocycles. The van der Waals surface area contributed by atoms with Crippen LogP contribution in [0.1, 0.15) is 59.3 Å². The molecule has 1 nitrogen and oxygen atoms in total. The van der Waals surface area contributed by atoms with E-state index in [0.29, 0.717) is 17.6 Å². The van der Waals surface area contributed by atoms with Gasteiger partial charge in [0.2, 0.25) is 0 Å². The maximum absolute atomic E-state index is 6.14. The van der Waals surface area contributed by atoms with Gasteiger partial charge in [0, 0.05) is 0 Å². The van der Waals surface area contributed by atoms with E-state index in [2.05, 4.69) is 20.8 Å². The molecule has 4 saturated carbocycles. The maximum Gasteiger partial charge on any atom is 0.0606 e. The van der Waals surface area contributed by atoms with Gasteiger partial charge in [0.15, 0.2) is 0 Å². The largest absolute Gasteiger partial charge is 0.375 e. The van der Waals surface area contributed by atoms with Crippen LogP contribution in [0, 0.1) is 23.2 Å². The average Bonchev–Trinajstić information content (AvgIpc) is 2.13. The fourth-order valence-corrected chi connectivity index (χ4v) is 5.23. The first-order chi connectivity index (χ1) is 7.57. The summed E-state index contributed by atoms with van der Waals surface area (Å²) in [6.45, 7) is 6.70. The first-order valence-electron chi connectivity index (χ1n) is 7.23. The summed E-state index contributed by atoms with van der Waals surface area (Å²) >= 11 is 0. The fraction of sp³-hybridized carbons (Fsp3) is 1.00. The van der Waals surface area contributed by atoms with Gasteiger partial charge in [0.05, 0.1) is 12.2 Å². The van der Waals surface area contributed by atoms with Crippen molar-refractivity contribution in [3.8, 4) is 0 Å². The Morgan fingerprint density at radius 2 is 1.31 bits per heavy atom. The summed E-state index contributed by atoms with van der Waals surface area (Å²) < 4.78 is 6.14. The zero-order valence-corrected chi connectivity index (χ0v) is 11.0. The van der Waals surface area contributed by atoms with E-state index < -0.39 is 0 Å². The van der Waals surface area contributed by atoms with E-state index in [4.69, 9.17) is 4.74 Å². The molecule has 1 atom stereocenters. The molecule has 1 heteroatoms. The van der Waals surface area contributed by atoms with Crippen molar-refractivity contribution in [1.29, 1.82) is 0 Å². The molecule has 0 amide bonds. The smallest absolute Gasteiger partial charge is 0.0606 e. The van der Waals surface area contributed by atoms with Crippen LogP contribution in [-0.2, 0) is 4.74 Å². The van der Waals surface area contributed by atoms with Crippen molar-refractivity contribution in [2.45, 2.75) is 71.5 Å². The number of rotatable bonds is 3. The summed E-state index contributed by atoms with van der Waals surface area (Å²) in [6.07, 6.45) is 9.88. The Hall–Kier alpha value is -0.0400. The topological polar surface area (TPSA) is 9.23 Å². The molecule has 1 unspecified atom stereocenters. The van der Waals surface area contributed by atoms with Gasteiger partial charge in [-0.3, -0.25) is 0 Å². The van der Waals surface area contributed by atoms with Crippen LogP contribution < -0.4 is 0 Å². The predicted molar refractivity (Wildman–Crippen MR) is 66.3 cm³/mol. The van der Waals surface area contributed by atoms with Crippen LogP contribution in [0.5, 0.6) is 0 Å². The zero-order valence-electron chi connectivity index (χ0n) is 11.0. The lowest BCUT2D eigenvalue weighted by molar-refractivity contribution is -0.148. The highest BCUT2D eigenvalue weighted by atomic mass is 16.5. The molecule has 16 heavy (non-hydrogen) atoms. The Morgan fingerprint density at radius 3 is 1.69 bits per heavy atom. The van der Waals surface area contributed by atoms with Gasteiger partial charge in [0.25, 0.3) is 0 Å². The molecule has 0 saturated heterocycles. The van der Waals surface area contributed by atoms with Crippen molar-refractivity contribution in [3.05, 3.63) is 0 Å². The van der Waals surface area contributed by atoms with Gasteiger partial charge >= 0.3 is 0 Å². The Balaban J connectivity index is 1.77.